The molecule has 18 heavy (non-hydrogen) atoms. The van der Waals surface area contributed by atoms with E-state index in [1.165, 1.54) is 12.8 Å². The Bertz CT molecular complexity index is 397. The molecule has 2 unspecified atom stereocenters. The highest BCUT2D eigenvalue weighted by Crippen LogP contribution is 2.18. The van der Waals surface area contributed by atoms with Gasteiger partial charge in [-0.2, -0.15) is 4.98 Å². The summed E-state index contributed by atoms with van der Waals surface area (Å²) in [6.07, 6.45) is 2.37. The van der Waals surface area contributed by atoms with Crippen molar-refractivity contribution >= 4 is 5.82 Å². The highest BCUT2D eigenvalue weighted by atomic mass is 16.5. The summed E-state index contributed by atoms with van der Waals surface area (Å²) in [6, 6.07) is 2.75. The molecule has 0 aromatic carbocycles. The predicted octanol–water partition coefficient (Wildman–Crippen LogP) is 1.74. The first-order valence-corrected chi connectivity index (χ1v) is 6.67. The summed E-state index contributed by atoms with van der Waals surface area (Å²) in [4.78, 5) is 8.66. The Hall–Kier alpha value is -1.36. The smallest absolute Gasteiger partial charge is 0.218 e. The molecule has 100 valence electrons. The molecule has 0 saturated carbocycles. The lowest BCUT2D eigenvalue weighted by Gasteiger charge is -2.31. The quantitative estimate of drug-likeness (QED) is 0.852. The third-order valence-electron chi connectivity index (χ3n) is 3.20. The molecule has 0 aliphatic carbocycles. The number of rotatable bonds is 4. The average Bonchev–Trinajstić information content (AvgIpc) is 2.32. The van der Waals surface area contributed by atoms with E-state index in [2.05, 4.69) is 27.5 Å². The number of nitrogens with one attached hydrogen (secondary N) is 2. The number of hydrogen-bond donors (Lipinski definition) is 2. The number of ether oxygens (including phenoxy) is 1. The van der Waals surface area contributed by atoms with Crippen LogP contribution >= 0.6 is 0 Å². The van der Waals surface area contributed by atoms with Crippen molar-refractivity contribution < 1.29 is 4.74 Å². The number of aryl methyl sites for hydroxylation is 1. The van der Waals surface area contributed by atoms with E-state index in [1.807, 2.05) is 19.9 Å². The summed E-state index contributed by atoms with van der Waals surface area (Å²) in [5, 5.41) is 6.95. The Morgan fingerprint density at radius 2 is 2.33 bits per heavy atom. The van der Waals surface area contributed by atoms with Crippen molar-refractivity contribution in [2.24, 2.45) is 0 Å². The predicted molar refractivity (Wildman–Crippen MR) is 72.0 cm³/mol. The average molecular weight is 250 g/mol. The van der Waals surface area contributed by atoms with Crippen LogP contribution in [0.2, 0.25) is 0 Å². The van der Waals surface area contributed by atoms with Gasteiger partial charge in [-0.15, -0.1) is 0 Å². The van der Waals surface area contributed by atoms with Crippen molar-refractivity contribution in [3.8, 4) is 5.88 Å². The molecule has 2 rings (SSSR count). The maximum absolute atomic E-state index is 5.44. The lowest BCUT2D eigenvalue weighted by atomic mass is 10.00. The van der Waals surface area contributed by atoms with Crippen molar-refractivity contribution in [3.05, 3.63) is 11.9 Å². The van der Waals surface area contributed by atoms with E-state index >= 15 is 0 Å². The minimum absolute atomic E-state index is 0.419. The van der Waals surface area contributed by atoms with E-state index in [1.54, 1.807) is 0 Å². The summed E-state index contributed by atoms with van der Waals surface area (Å²) < 4.78 is 5.44. The summed E-state index contributed by atoms with van der Waals surface area (Å²) in [5.74, 6) is 2.23. The summed E-state index contributed by atoms with van der Waals surface area (Å²) >= 11 is 0. The minimum atomic E-state index is 0.419. The van der Waals surface area contributed by atoms with Gasteiger partial charge in [0.1, 0.15) is 11.6 Å². The van der Waals surface area contributed by atoms with Gasteiger partial charge in [0, 0.05) is 18.2 Å². The molecule has 1 aliphatic heterocycles. The first-order chi connectivity index (χ1) is 8.69. The Labute approximate surface area is 108 Å². The lowest BCUT2D eigenvalue weighted by molar-refractivity contribution is 0.325. The van der Waals surface area contributed by atoms with Crippen LogP contribution in [0, 0.1) is 6.92 Å². The molecule has 0 spiro atoms. The zero-order valence-corrected chi connectivity index (χ0v) is 11.4. The Kier molecular flexibility index (Phi) is 4.36. The molecule has 1 aliphatic rings. The highest BCUT2D eigenvalue weighted by Gasteiger charge is 2.21. The second-order valence-electron chi connectivity index (χ2n) is 4.71. The monoisotopic (exact) mass is 250 g/mol. The fraction of sp³-hybridized carbons (Fsp3) is 0.692. The standard InChI is InChI=1S/C13H22N4O/c1-4-18-13-8-12(15-10(3)16-13)17-11-6-5-7-14-9(11)2/h8-9,11,14H,4-7H2,1-3H3,(H,15,16,17). The molecule has 1 saturated heterocycles. The molecule has 2 N–H and O–H groups in total. The lowest BCUT2D eigenvalue weighted by Crippen LogP contribution is -2.46. The van der Waals surface area contributed by atoms with Gasteiger partial charge in [-0.3, -0.25) is 0 Å². The largest absolute Gasteiger partial charge is 0.478 e. The Morgan fingerprint density at radius 1 is 1.50 bits per heavy atom. The van der Waals surface area contributed by atoms with Gasteiger partial charge in [0.25, 0.3) is 0 Å². The fourth-order valence-electron chi connectivity index (χ4n) is 2.27. The van der Waals surface area contributed by atoms with Crippen LogP contribution in [-0.2, 0) is 0 Å². The molecule has 5 heteroatoms. The minimum Gasteiger partial charge on any atom is -0.478 e. The molecule has 2 heterocycles. The molecular weight excluding hydrogens is 228 g/mol. The topological polar surface area (TPSA) is 59.1 Å². The molecule has 1 aromatic rings. The van der Waals surface area contributed by atoms with Gasteiger partial charge in [-0.25, -0.2) is 4.98 Å². The van der Waals surface area contributed by atoms with Crippen LogP contribution in [0.5, 0.6) is 5.88 Å². The SMILES string of the molecule is CCOc1cc(NC2CCCNC2C)nc(C)n1. The van der Waals surface area contributed by atoms with Crippen molar-refractivity contribution in [2.45, 2.75) is 45.7 Å². The van der Waals surface area contributed by atoms with Crippen molar-refractivity contribution in [1.29, 1.82) is 0 Å². The number of hydrogen-bond acceptors (Lipinski definition) is 5. The zero-order valence-electron chi connectivity index (χ0n) is 11.4. The van der Waals surface area contributed by atoms with E-state index in [0.29, 0.717) is 24.6 Å². The second kappa shape index (κ2) is 6.00. The highest BCUT2D eigenvalue weighted by molar-refractivity contribution is 5.39. The molecule has 1 aromatic heterocycles. The molecule has 0 amide bonds. The number of aromatic nitrogens is 2. The van der Waals surface area contributed by atoms with Gasteiger partial charge in [-0.1, -0.05) is 0 Å². The van der Waals surface area contributed by atoms with Crippen LogP contribution in [0.1, 0.15) is 32.5 Å². The van der Waals surface area contributed by atoms with Crippen molar-refractivity contribution in [2.75, 3.05) is 18.5 Å². The molecule has 5 nitrogen and oxygen atoms in total. The molecule has 0 bridgehead atoms. The summed E-state index contributed by atoms with van der Waals surface area (Å²) in [5.41, 5.74) is 0. The maximum Gasteiger partial charge on any atom is 0.218 e. The van der Waals surface area contributed by atoms with Gasteiger partial charge in [0.05, 0.1) is 6.61 Å². The van der Waals surface area contributed by atoms with E-state index in [0.717, 1.165) is 18.2 Å². The van der Waals surface area contributed by atoms with Gasteiger partial charge in [0.15, 0.2) is 0 Å². The summed E-state index contributed by atoms with van der Waals surface area (Å²) in [6.45, 7) is 7.77. The molecular formula is C13H22N4O. The Balaban J connectivity index is 2.07. The third-order valence-corrected chi connectivity index (χ3v) is 3.20. The van der Waals surface area contributed by atoms with Crippen LogP contribution in [0.25, 0.3) is 0 Å². The van der Waals surface area contributed by atoms with Crippen molar-refractivity contribution in [3.63, 3.8) is 0 Å². The van der Waals surface area contributed by atoms with E-state index in [9.17, 15) is 0 Å². The number of anilines is 1. The van der Waals surface area contributed by atoms with Crippen LogP contribution in [0.15, 0.2) is 6.07 Å². The maximum atomic E-state index is 5.44. The number of nitrogens with zero attached hydrogens (tertiary/aromatic N) is 2. The van der Waals surface area contributed by atoms with Crippen LogP contribution in [-0.4, -0.2) is 35.2 Å². The first kappa shape index (κ1) is 13.1. The fourth-order valence-corrected chi connectivity index (χ4v) is 2.27. The third kappa shape index (κ3) is 3.32. The molecule has 1 fully saturated rings. The van der Waals surface area contributed by atoms with Gasteiger partial charge in [-0.05, 0) is 40.2 Å². The number of piperidine rings is 1. The molecule has 2 atom stereocenters. The van der Waals surface area contributed by atoms with Crippen LogP contribution < -0.4 is 15.4 Å². The first-order valence-electron chi connectivity index (χ1n) is 6.67. The molecule has 0 radical (unpaired) electrons. The van der Waals surface area contributed by atoms with E-state index < -0.39 is 0 Å². The van der Waals surface area contributed by atoms with Crippen molar-refractivity contribution in [1.82, 2.24) is 15.3 Å². The Morgan fingerprint density at radius 3 is 3.06 bits per heavy atom. The van der Waals surface area contributed by atoms with Gasteiger partial charge in [0.2, 0.25) is 5.88 Å². The zero-order chi connectivity index (χ0) is 13.0. The second-order valence-corrected chi connectivity index (χ2v) is 4.71. The van der Waals surface area contributed by atoms with Gasteiger partial charge >= 0.3 is 0 Å². The van der Waals surface area contributed by atoms with Gasteiger partial charge < -0.3 is 15.4 Å². The van der Waals surface area contributed by atoms with Crippen LogP contribution in [0.4, 0.5) is 5.82 Å². The van der Waals surface area contributed by atoms with Crippen LogP contribution in [0.3, 0.4) is 0 Å². The van der Waals surface area contributed by atoms with E-state index in [-0.39, 0.29) is 0 Å². The normalized spacial score (nSPS) is 23.7. The summed E-state index contributed by atoms with van der Waals surface area (Å²) in [7, 11) is 0. The van der Waals surface area contributed by atoms with E-state index in [4.69, 9.17) is 4.74 Å².